The molecule has 0 aliphatic heterocycles. The molecule has 0 aliphatic rings. The van der Waals surface area contributed by atoms with E-state index < -0.39 is 0 Å². The Hall–Kier alpha value is -3.02. The molecular formula is C20H23N5O. The first-order valence-electron chi connectivity index (χ1n) is 8.64. The predicted molar refractivity (Wildman–Crippen MR) is 100 cm³/mol. The van der Waals surface area contributed by atoms with E-state index in [0.29, 0.717) is 11.4 Å². The average molecular weight is 349 g/mol. The lowest BCUT2D eigenvalue weighted by atomic mass is 9.79. The molecule has 0 unspecified atom stereocenters. The summed E-state index contributed by atoms with van der Waals surface area (Å²) in [6.45, 7) is 6.40. The fourth-order valence-electron chi connectivity index (χ4n) is 3.20. The van der Waals surface area contributed by atoms with E-state index in [4.69, 9.17) is 0 Å². The Kier molecular flexibility index (Phi) is 5.11. The van der Waals surface area contributed by atoms with E-state index in [1.165, 1.54) is 22.9 Å². The number of aromatic nitrogens is 4. The molecule has 26 heavy (non-hydrogen) atoms. The topological polar surface area (TPSA) is 72.7 Å². The number of carbonyl (C=O) groups excluding carboxylic acids is 1. The summed E-state index contributed by atoms with van der Waals surface area (Å²) in [5.41, 5.74) is 1.69. The van der Waals surface area contributed by atoms with Crippen LogP contribution in [0.15, 0.2) is 61.3 Å². The lowest BCUT2D eigenvalue weighted by Crippen LogP contribution is -2.37. The van der Waals surface area contributed by atoms with Crippen LogP contribution in [0.5, 0.6) is 0 Å². The molecule has 3 aromatic rings. The first kappa shape index (κ1) is 17.8. The molecule has 0 spiro atoms. The van der Waals surface area contributed by atoms with Crippen LogP contribution in [0.25, 0.3) is 5.82 Å². The molecule has 0 radical (unpaired) electrons. The highest BCUT2D eigenvalue weighted by Gasteiger charge is 2.25. The van der Waals surface area contributed by atoms with Gasteiger partial charge in [-0.25, -0.2) is 14.6 Å². The second kappa shape index (κ2) is 7.47. The molecule has 0 saturated carbocycles. The van der Waals surface area contributed by atoms with Crippen molar-refractivity contribution >= 4 is 5.91 Å². The largest absolute Gasteiger partial charge is 0.349 e. The second-order valence-corrected chi connectivity index (χ2v) is 7.04. The van der Waals surface area contributed by atoms with Gasteiger partial charge in [-0.15, -0.1) is 0 Å². The summed E-state index contributed by atoms with van der Waals surface area (Å²) in [5.74, 6) is 0.303. The average Bonchev–Trinajstić information content (AvgIpc) is 3.16. The minimum atomic E-state index is -0.167. The molecule has 0 fully saturated rings. The molecule has 1 atom stereocenters. The maximum absolute atomic E-state index is 12.8. The van der Waals surface area contributed by atoms with Crippen molar-refractivity contribution in [3.63, 3.8) is 0 Å². The molecule has 0 aliphatic carbocycles. The first-order valence-corrected chi connectivity index (χ1v) is 8.64. The number of carbonyl (C=O) groups is 1. The summed E-state index contributed by atoms with van der Waals surface area (Å²) in [5, 5.41) is 7.15. The Balaban J connectivity index is 1.73. The van der Waals surface area contributed by atoms with Crippen molar-refractivity contribution in [3.8, 4) is 5.82 Å². The summed E-state index contributed by atoms with van der Waals surface area (Å²) in [4.78, 5) is 21.0. The third-order valence-electron chi connectivity index (χ3n) is 4.42. The van der Waals surface area contributed by atoms with Crippen LogP contribution >= 0.6 is 0 Å². The Morgan fingerprint density at radius 3 is 2.65 bits per heavy atom. The lowest BCUT2D eigenvalue weighted by Gasteiger charge is -2.29. The Labute approximate surface area is 153 Å². The van der Waals surface area contributed by atoms with Crippen molar-refractivity contribution in [2.45, 2.75) is 38.6 Å². The van der Waals surface area contributed by atoms with Gasteiger partial charge in [0.2, 0.25) is 0 Å². The standard InChI is InChI=1S/C20H23N5O/c1-15(12-20(2,3)16-8-5-4-6-9-16)24-19(26)17-10-7-11-22-18(17)25-14-21-13-23-25/h4-11,13-15H,12H2,1-3H3,(H,24,26)/t15-/m0/s1. The molecule has 2 heterocycles. The van der Waals surface area contributed by atoms with Crippen LogP contribution in [0.1, 0.15) is 43.1 Å². The quantitative estimate of drug-likeness (QED) is 0.742. The van der Waals surface area contributed by atoms with Crippen molar-refractivity contribution in [3.05, 3.63) is 72.4 Å². The molecule has 6 heteroatoms. The van der Waals surface area contributed by atoms with Crippen molar-refractivity contribution in [2.75, 3.05) is 0 Å². The first-order chi connectivity index (χ1) is 12.5. The van der Waals surface area contributed by atoms with Gasteiger partial charge in [-0.05, 0) is 36.5 Å². The molecule has 1 N–H and O–H groups in total. The number of nitrogens with zero attached hydrogens (tertiary/aromatic N) is 4. The van der Waals surface area contributed by atoms with Crippen LogP contribution < -0.4 is 5.32 Å². The number of hydrogen-bond acceptors (Lipinski definition) is 4. The van der Waals surface area contributed by atoms with E-state index >= 15 is 0 Å². The highest BCUT2D eigenvalue weighted by Crippen LogP contribution is 2.28. The van der Waals surface area contributed by atoms with Gasteiger partial charge < -0.3 is 5.32 Å². The molecular weight excluding hydrogens is 326 g/mol. The van der Waals surface area contributed by atoms with E-state index in [-0.39, 0.29) is 17.4 Å². The highest BCUT2D eigenvalue weighted by molar-refractivity contribution is 5.97. The highest BCUT2D eigenvalue weighted by atomic mass is 16.1. The molecule has 2 aromatic heterocycles. The molecule has 1 aromatic carbocycles. The monoisotopic (exact) mass is 349 g/mol. The Morgan fingerprint density at radius 1 is 1.19 bits per heavy atom. The maximum Gasteiger partial charge on any atom is 0.255 e. The number of benzene rings is 1. The zero-order valence-corrected chi connectivity index (χ0v) is 15.3. The van der Waals surface area contributed by atoms with Gasteiger partial charge in [0.05, 0.1) is 5.56 Å². The third-order valence-corrected chi connectivity index (χ3v) is 4.42. The van der Waals surface area contributed by atoms with E-state index in [0.717, 1.165) is 6.42 Å². The molecule has 0 bridgehead atoms. The van der Waals surface area contributed by atoms with E-state index in [2.05, 4.69) is 46.4 Å². The van der Waals surface area contributed by atoms with Crippen molar-refractivity contribution in [2.24, 2.45) is 0 Å². The molecule has 0 saturated heterocycles. The van der Waals surface area contributed by atoms with Crippen molar-refractivity contribution in [1.82, 2.24) is 25.1 Å². The van der Waals surface area contributed by atoms with Crippen LogP contribution in [-0.4, -0.2) is 31.7 Å². The SMILES string of the molecule is C[C@@H](CC(C)(C)c1ccccc1)NC(=O)c1cccnc1-n1cncn1. The summed E-state index contributed by atoms with van der Waals surface area (Å²) < 4.78 is 1.49. The second-order valence-electron chi connectivity index (χ2n) is 7.04. The van der Waals surface area contributed by atoms with Crippen LogP contribution in [-0.2, 0) is 5.41 Å². The van der Waals surface area contributed by atoms with E-state index in [1.807, 2.05) is 25.1 Å². The van der Waals surface area contributed by atoms with Crippen LogP contribution in [0.3, 0.4) is 0 Å². The summed E-state index contributed by atoms with van der Waals surface area (Å²) in [6, 6.07) is 13.8. The van der Waals surface area contributed by atoms with Gasteiger partial charge >= 0.3 is 0 Å². The molecule has 3 rings (SSSR count). The third kappa shape index (κ3) is 3.96. The summed E-state index contributed by atoms with van der Waals surface area (Å²) >= 11 is 0. The van der Waals surface area contributed by atoms with Crippen LogP contribution in [0.4, 0.5) is 0 Å². The minimum absolute atomic E-state index is 0.00140. The number of nitrogens with one attached hydrogen (secondary N) is 1. The van der Waals surface area contributed by atoms with Gasteiger partial charge in [0.1, 0.15) is 12.7 Å². The fraction of sp³-hybridized carbons (Fsp3) is 0.300. The molecule has 134 valence electrons. The number of pyridine rings is 1. The lowest BCUT2D eigenvalue weighted by molar-refractivity contribution is 0.0934. The van der Waals surface area contributed by atoms with Gasteiger partial charge in [0.15, 0.2) is 5.82 Å². The zero-order chi connectivity index (χ0) is 18.6. The van der Waals surface area contributed by atoms with Gasteiger partial charge in [-0.2, -0.15) is 5.10 Å². The minimum Gasteiger partial charge on any atom is -0.349 e. The van der Waals surface area contributed by atoms with Crippen LogP contribution in [0.2, 0.25) is 0 Å². The number of hydrogen-bond donors (Lipinski definition) is 1. The number of rotatable bonds is 6. The van der Waals surface area contributed by atoms with Gasteiger partial charge in [0, 0.05) is 12.2 Å². The van der Waals surface area contributed by atoms with Crippen molar-refractivity contribution in [1.29, 1.82) is 0 Å². The van der Waals surface area contributed by atoms with Crippen molar-refractivity contribution < 1.29 is 4.79 Å². The van der Waals surface area contributed by atoms with Gasteiger partial charge in [-0.1, -0.05) is 44.2 Å². The molecule has 1 amide bonds. The van der Waals surface area contributed by atoms with Gasteiger partial charge in [0.25, 0.3) is 5.91 Å². The normalized spacial score (nSPS) is 12.6. The predicted octanol–water partition coefficient (Wildman–Crippen LogP) is 3.15. The maximum atomic E-state index is 12.8. The van der Waals surface area contributed by atoms with Gasteiger partial charge in [-0.3, -0.25) is 4.79 Å². The van der Waals surface area contributed by atoms with E-state index in [9.17, 15) is 4.79 Å². The van der Waals surface area contributed by atoms with Crippen LogP contribution in [0, 0.1) is 0 Å². The fourth-order valence-corrected chi connectivity index (χ4v) is 3.20. The smallest absolute Gasteiger partial charge is 0.255 e. The molecule has 6 nitrogen and oxygen atoms in total. The summed E-state index contributed by atoms with van der Waals surface area (Å²) in [6.07, 6.45) is 5.40. The number of amides is 1. The summed E-state index contributed by atoms with van der Waals surface area (Å²) in [7, 11) is 0. The zero-order valence-electron chi connectivity index (χ0n) is 15.3. The Morgan fingerprint density at radius 2 is 1.96 bits per heavy atom. The van der Waals surface area contributed by atoms with E-state index in [1.54, 1.807) is 18.3 Å². The Bertz CT molecular complexity index is 859.